The first-order valence-corrected chi connectivity index (χ1v) is 11.7. The molecule has 0 radical (unpaired) electrons. The predicted molar refractivity (Wildman–Crippen MR) is 136 cm³/mol. The average Bonchev–Trinajstić information content (AvgIpc) is 2.55. The molecule has 0 bridgehead atoms. The fourth-order valence-electron chi connectivity index (χ4n) is 3.77. The van der Waals surface area contributed by atoms with Crippen molar-refractivity contribution in [2.24, 2.45) is 0 Å². The van der Waals surface area contributed by atoms with Gasteiger partial charge in [-0.1, -0.05) is 118 Å². The van der Waals surface area contributed by atoms with Gasteiger partial charge in [-0.3, -0.25) is 0 Å². The molecular weight excluding hydrogens is 458 g/mol. The van der Waals surface area contributed by atoms with E-state index in [1.807, 2.05) is 24.3 Å². The van der Waals surface area contributed by atoms with Gasteiger partial charge in [0.05, 0.1) is 0 Å². The monoisotopic (exact) mass is 502 g/mol. The predicted octanol–water partition coefficient (Wildman–Crippen LogP) is 7.32. The fraction of sp³-hybridized carbons (Fsp3) is 0.600. The Morgan fingerprint density at radius 3 is 0.697 bits per heavy atom. The minimum atomic E-state index is -0.0803. The van der Waals surface area contributed by atoms with Crippen LogP contribution in [0.4, 0.5) is 0 Å². The van der Waals surface area contributed by atoms with Gasteiger partial charge < -0.3 is 10.2 Å². The Morgan fingerprint density at radius 1 is 0.424 bits per heavy atom. The molecular formula is C30H46O2Zn. The summed E-state index contributed by atoms with van der Waals surface area (Å²) in [5.74, 6) is 0.427. The van der Waals surface area contributed by atoms with Crippen molar-refractivity contribution >= 4 is 0 Å². The Hall–Kier alpha value is -1.34. The number of hydrogen-bond donors (Lipinski definition) is 0. The molecule has 2 rings (SSSR count). The van der Waals surface area contributed by atoms with Crippen molar-refractivity contribution in [1.82, 2.24) is 0 Å². The van der Waals surface area contributed by atoms with Gasteiger partial charge in [-0.15, -0.1) is 11.5 Å². The van der Waals surface area contributed by atoms with Crippen LogP contribution >= 0.6 is 0 Å². The summed E-state index contributed by atoms with van der Waals surface area (Å²) in [6, 6.07) is 8.10. The Kier molecular flexibility index (Phi) is 10.1. The molecule has 0 aliphatic carbocycles. The quantitative estimate of drug-likeness (QED) is 0.353. The smallest absolute Gasteiger partial charge is 0.872 e. The van der Waals surface area contributed by atoms with E-state index < -0.39 is 0 Å². The average molecular weight is 504 g/mol. The van der Waals surface area contributed by atoms with Crippen molar-refractivity contribution in [2.75, 3.05) is 0 Å². The molecule has 0 saturated heterocycles. The molecule has 0 aliphatic rings. The second-order valence-corrected chi connectivity index (χ2v) is 13.4. The van der Waals surface area contributed by atoms with Crippen molar-refractivity contribution < 1.29 is 29.7 Å². The first kappa shape index (κ1) is 31.7. The van der Waals surface area contributed by atoms with Crippen LogP contribution in [0.15, 0.2) is 24.3 Å². The molecule has 0 aromatic heterocycles. The zero-order valence-corrected chi connectivity index (χ0v) is 26.8. The molecule has 0 N–H and O–H groups in total. The third-order valence-corrected chi connectivity index (χ3v) is 5.70. The van der Waals surface area contributed by atoms with Crippen LogP contribution in [0, 0.1) is 13.8 Å². The molecule has 2 aromatic rings. The van der Waals surface area contributed by atoms with E-state index in [1.165, 1.54) is 11.1 Å². The minimum Gasteiger partial charge on any atom is -0.872 e. The van der Waals surface area contributed by atoms with Crippen molar-refractivity contribution in [2.45, 2.75) is 119 Å². The van der Waals surface area contributed by atoms with E-state index in [1.54, 1.807) is 0 Å². The van der Waals surface area contributed by atoms with Crippen LogP contribution in [0.2, 0.25) is 0 Å². The Balaban J connectivity index is 0.000000602. The zero-order chi connectivity index (χ0) is 25.4. The van der Waals surface area contributed by atoms with Gasteiger partial charge in [0.15, 0.2) is 0 Å². The maximum absolute atomic E-state index is 12.4. The van der Waals surface area contributed by atoms with Gasteiger partial charge in [0, 0.05) is 0 Å². The standard InChI is InChI=1S/2C15H24O.Zn/c2*1-10-8-11(14(2,3)4)13(16)12(9-10)15(5,6)7;/h2*8-9,16H,1-7H3;/q;;+2/p-2. The Labute approximate surface area is 217 Å². The van der Waals surface area contributed by atoms with Crippen molar-refractivity contribution in [3.63, 3.8) is 0 Å². The Morgan fingerprint density at radius 2 is 0.576 bits per heavy atom. The van der Waals surface area contributed by atoms with Crippen LogP contribution in [0.25, 0.3) is 0 Å². The number of aryl methyl sites for hydroxylation is 2. The van der Waals surface area contributed by atoms with Crippen LogP contribution in [-0.4, -0.2) is 0 Å². The third kappa shape index (κ3) is 8.43. The normalized spacial score (nSPS) is 12.5. The maximum atomic E-state index is 12.4. The summed E-state index contributed by atoms with van der Waals surface area (Å²) in [6.07, 6.45) is 0. The van der Waals surface area contributed by atoms with E-state index in [2.05, 4.69) is 96.9 Å². The summed E-state index contributed by atoms with van der Waals surface area (Å²) >= 11 is 0. The molecule has 2 aromatic carbocycles. The van der Waals surface area contributed by atoms with Crippen LogP contribution in [-0.2, 0) is 41.1 Å². The van der Waals surface area contributed by atoms with Gasteiger partial charge in [-0.25, -0.2) is 0 Å². The van der Waals surface area contributed by atoms with Crippen LogP contribution in [0.1, 0.15) is 116 Å². The maximum Gasteiger partial charge on any atom is 2.00 e. The van der Waals surface area contributed by atoms with Crippen molar-refractivity contribution in [1.29, 1.82) is 0 Å². The largest absolute Gasteiger partial charge is 2.00 e. The second-order valence-electron chi connectivity index (χ2n) is 13.4. The molecule has 0 fully saturated rings. The van der Waals surface area contributed by atoms with Crippen LogP contribution in [0.3, 0.4) is 0 Å². The van der Waals surface area contributed by atoms with E-state index in [0.29, 0.717) is 0 Å². The summed E-state index contributed by atoms with van der Waals surface area (Å²) < 4.78 is 0. The van der Waals surface area contributed by atoms with Gasteiger partial charge in [0.25, 0.3) is 0 Å². The molecule has 33 heavy (non-hydrogen) atoms. The van der Waals surface area contributed by atoms with Crippen LogP contribution < -0.4 is 10.2 Å². The molecule has 180 valence electrons. The molecule has 0 spiro atoms. The first-order valence-electron chi connectivity index (χ1n) is 11.7. The number of rotatable bonds is 0. The van der Waals surface area contributed by atoms with Gasteiger partial charge in [-0.2, -0.15) is 0 Å². The van der Waals surface area contributed by atoms with Gasteiger partial charge in [0.1, 0.15) is 0 Å². The molecule has 0 atom stereocenters. The second kappa shape index (κ2) is 10.5. The molecule has 0 heterocycles. The zero-order valence-electron chi connectivity index (χ0n) is 23.8. The van der Waals surface area contributed by atoms with Gasteiger partial charge in [-0.05, 0) is 57.8 Å². The summed E-state index contributed by atoms with van der Waals surface area (Å²) in [4.78, 5) is 0. The molecule has 2 nitrogen and oxygen atoms in total. The first-order chi connectivity index (χ1) is 14.1. The van der Waals surface area contributed by atoms with E-state index in [0.717, 1.165) is 22.3 Å². The van der Waals surface area contributed by atoms with Gasteiger partial charge >= 0.3 is 19.5 Å². The number of benzene rings is 2. The van der Waals surface area contributed by atoms with E-state index in [-0.39, 0.29) is 52.6 Å². The van der Waals surface area contributed by atoms with Crippen molar-refractivity contribution in [3.8, 4) is 11.5 Å². The molecule has 0 amide bonds. The SMILES string of the molecule is Cc1cc(C(C)(C)C)c([O-])c(C(C)(C)C)c1.Cc1cc(C(C)(C)C)c([O-])c(C(C)(C)C)c1.[Zn+2]. The summed E-state index contributed by atoms with van der Waals surface area (Å²) in [5.41, 5.74) is 5.74. The van der Waals surface area contributed by atoms with E-state index >= 15 is 0 Å². The minimum absolute atomic E-state index is 0. The number of hydrogen-bond acceptors (Lipinski definition) is 2. The van der Waals surface area contributed by atoms with Crippen molar-refractivity contribution in [3.05, 3.63) is 57.6 Å². The molecule has 0 aliphatic heterocycles. The summed E-state index contributed by atoms with van der Waals surface area (Å²) in [6.45, 7) is 29.2. The van der Waals surface area contributed by atoms with Crippen LogP contribution in [0.5, 0.6) is 11.5 Å². The Bertz CT molecular complexity index is 794. The van der Waals surface area contributed by atoms with Gasteiger partial charge in [0.2, 0.25) is 0 Å². The third-order valence-electron chi connectivity index (χ3n) is 5.70. The summed E-state index contributed by atoms with van der Waals surface area (Å²) in [7, 11) is 0. The fourth-order valence-corrected chi connectivity index (χ4v) is 3.77. The summed E-state index contributed by atoms with van der Waals surface area (Å²) in [5, 5.41) is 24.8. The van der Waals surface area contributed by atoms with E-state index in [9.17, 15) is 10.2 Å². The molecule has 0 unspecified atom stereocenters. The molecule has 0 saturated carbocycles. The topological polar surface area (TPSA) is 46.1 Å². The van der Waals surface area contributed by atoms with E-state index in [4.69, 9.17) is 0 Å². The molecule has 3 heteroatoms.